The molecule has 0 spiro atoms. The first-order valence-electron chi connectivity index (χ1n) is 10.5. The third kappa shape index (κ3) is 5.29. The van der Waals surface area contributed by atoms with Gasteiger partial charge in [0, 0.05) is 14.5 Å². The van der Waals surface area contributed by atoms with Crippen LogP contribution in [0.15, 0.2) is 81.2 Å². The highest BCUT2D eigenvalue weighted by molar-refractivity contribution is 9.10. The number of hydrogen-bond acceptors (Lipinski definition) is 4. The molecule has 1 N–H and O–H groups in total. The van der Waals surface area contributed by atoms with Gasteiger partial charge in [0.2, 0.25) is 0 Å². The number of nitrogens with one attached hydrogen (secondary N) is 1. The Balaban J connectivity index is 1.65. The van der Waals surface area contributed by atoms with E-state index < -0.39 is 17.8 Å². The predicted molar refractivity (Wildman–Crippen MR) is 137 cm³/mol. The summed E-state index contributed by atoms with van der Waals surface area (Å²) in [5.74, 6) is -0.956. The van der Waals surface area contributed by atoms with Gasteiger partial charge in [0.25, 0.3) is 11.8 Å². The van der Waals surface area contributed by atoms with E-state index in [1.807, 2.05) is 49.4 Å². The normalized spacial score (nSPS) is 15.0. The Bertz CT molecular complexity index is 1290. The molecule has 0 saturated carbocycles. The Labute approximate surface area is 213 Å². The van der Waals surface area contributed by atoms with Crippen LogP contribution in [-0.4, -0.2) is 17.8 Å². The molecule has 1 aliphatic rings. The van der Waals surface area contributed by atoms with E-state index in [1.165, 1.54) is 6.08 Å². The number of halogens is 2. The Hall–Kier alpha value is -3.23. The van der Waals surface area contributed by atoms with Crippen LogP contribution in [0.2, 0.25) is 0 Å². The van der Waals surface area contributed by atoms with Crippen LogP contribution in [0.3, 0.4) is 0 Å². The molecule has 1 saturated heterocycles. The molecule has 3 aromatic carbocycles. The van der Waals surface area contributed by atoms with Crippen molar-refractivity contribution >= 4 is 61.5 Å². The van der Waals surface area contributed by atoms with Crippen LogP contribution in [0, 0.1) is 0 Å². The summed E-state index contributed by atoms with van der Waals surface area (Å²) in [6.07, 6.45) is 2.27. The lowest BCUT2D eigenvalue weighted by Crippen LogP contribution is -2.54. The lowest BCUT2D eigenvalue weighted by Gasteiger charge is -2.26. The van der Waals surface area contributed by atoms with E-state index in [4.69, 9.17) is 4.74 Å². The largest absolute Gasteiger partial charge is 0.488 e. The Morgan fingerprint density at radius 3 is 2.21 bits per heavy atom. The summed E-state index contributed by atoms with van der Waals surface area (Å²) in [6, 6.07) is 19.3. The van der Waals surface area contributed by atoms with E-state index in [1.54, 1.807) is 24.3 Å². The molecular formula is C26H20Br2N2O4. The summed E-state index contributed by atoms with van der Waals surface area (Å²) in [5.41, 5.74) is 2.79. The van der Waals surface area contributed by atoms with E-state index in [0.717, 1.165) is 31.4 Å². The van der Waals surface area contributed by atoms with Gasteiger partial charge in [0.05, 0.1) is 5.69 Å². The first-order chi connectivity index (χ1) is 16.4. The van der Waals surface area contributed by atoms with E-state index in [0.29, 0.717) is 23.6 Å². The number of rotatable bonds is 6. The summed E-state index contributed by atoms with van der Waals surface area (Å²) in [6.45, 7) is 2.32. The molecule has 0 bridgehead atoms. The van der Waals surface area contributed by atoms with Crippen LogP contribution >= 0.6 is 31.9 Å². The summed E-state index contributed by atoms with van der Waals surface area (Å²) < 4.78 is 7.70. The molecule has 1 fully saturated rings. The van der Waals surface area contributed by atoms with Gasteiger partial charge >= 0.3 is 6.03 Å². The lowest BCUT2D eigenvalue weighted by molar-refractivity contribution is -0.122. The van der Waals surface area contributed by atoms with Gasteiger partial charge in [-0.3, -0.25) is 14.9 Å². The van der Waals surface area contributed by atoms with Gasteiger partial charge in [-0.2, -0.15) is 0 Å². The number of nitrogens with zero attached hydrogens (tertiary/aromatic N) is 1. The van der Waals surface area contributed by atoms with Crippen molar-refractivity contribution in [2.45, 2.75) is 20.0 Å². The standard InChI is InChI=1S/C26H20Br2N2O4/c1-2-16-5-10-21(11-6-16)30-25(32)22(24(31)29-26(30)33)14-18-13-20(28)9-12-23(18)34-15-17-3-7-19(27)8-4-17/h3-14H,2,15H2,1H3,(H,29,31,33)/b22-14-. The van der Waals surface area contributed by atoms with Crippen molar-refractivity contribution in [2.75, 3.05) is 4.90 Å². The van der Waals surface area contributed by atoms with Crippen LogP contribution in [0.4, 0.5) is 10.5 Å². The van der Waals surface area contributed by atoms with Crippen molar-refractivity contribution in [3.63, 3.8) is 0 Å². The molecule has 4 amide bonds. The van der Waals surface area contributed by atoms with Crippen LogP contribution in [0.1, 0.15) is 23.6 Å². The molecule has 0 aromatic heterocycles. The number of anilines is 1. The predicted octanol–water partition coefficient (Wildman–Crippen LogP) is 6.02. The Morgan fingerprint density at radius 1 is 0.882 bits per heavy atom. The molecule has 1 aliphatic heterocycles. The number of benzene rings is 3. The molecule has 34 heavy (non-hydrogen) atoms. The fourth-order valence-corrected chi connectivity index (χ4v) is 4.08. The molecule has 3 aromatic rings. The number of urea groups is 1. The molecule has 0 radical (unpaired) electrons. The fraction of sp³-hybridized carbons (Fsp3) is 0.115. The second-order valence-corrected chi connectivity index (χ2v) is 9.41. The Morgan fingerprint density at radius 2 is 1.53 bits per heavy atom. The van der Waals surface area contributed by atoms with Gasteiger partial charge in [0.1, 0.15) is 17.9 Å². The van der Waals surface area contributed by atoms with Crippen molar-refractivity contribution < 1.29 is 19.1 Å². The van der Waals surface area contributed by atoms with Gasteiger partial charge in [-0.05, 0) is 66.1 Å². The third-order valence-electron chi connectivity index (χ3n) is 5.28. The second-order valence-electron chi connectivity index (χ2n) is 7.58. The SMILES string of the molecule is CCc1ccc(N2C(=O)NC(=O)/C(=C/c3cc(Br)ccc3OCc3ccc(Br)cc3)C2=O)cc1. The minimum atomic E-state index is -0.780. The second kappa shape index (κ2) is 10.4. The van der Waals surface area contributed by atoms with Gasteiger partial charge in [-0.25, -0.2) is 9.69 Å². The number of imide groups is 2. The molecule has 6 nitrogen and oxygen atoms in total. The maximum atomic E-state index is 13.2. The zero-order chi connectivity index (χ0) is 24.2. The van der Waals surface area contributed by atoms with Crippen molar-refractivity contribution in [3.05, 3.63) is 97.9 Å². The highest BCUT2D eigenvalue weighted by Gasteiger charge is 2.37. The minimum Gasteiger partial charge on any atom is -0.488 e. The van der Waals surface area contributed by atoms with Crippen LogP contribution < -0.4 is 15.0 Å². The van der Waals surface area contributed by atoms with Crippen LogP contribution in [0.25, 0.3) is 6.08 Å². The van der Waals surface area contributed by atoms with Crippen LogP contribution in [0.5, 0.6) is 5.75 Å². The average molecular weight is 584 g/mol. The van der Waals surface area contributed by atoms with Gasteiger partial charge in [-0.15, -0.1) is 0 Å². The zero-order valence-corrected chi connectivity index (χ0v) is 21.4. The Kier molecular flexibility index (Phi) is 7.29. The molecule has 4 rings (SSSR count). The maximum absolute atomic E-state index is 13.2. The molecule has 0 unspecified atom stereocenters. The van der Waals surface area contributed by atoms with Gasteiger partial charge < -0.3 is 4.74 Å². The number of ether oxygens (including phenoxy) is 1. The summed E-state index contributed by atoms with van der Waals surface area (Å²) in [4.78, 5) is 39.3. The summed E-state index contributed by atoms with van der Waals surface area (Å²) >= 11 is 6.84. The molecule has 0 aliphatic carbocycles. The monoisotopic (exact) mass is 582 g/mol. The van der Waals surface area contributed by atoms with Gasteiger partial charge in [0.15, 0.2) is 0 Å². The van der Waals surface area contributed by atoms with E-state index >= 15 is 0 Å². The molecule has 1 heterocycles. The zero-order valence-electron chi connectivity index (χ0n) is 18.2. The molecule has 0 atom stereocenters. The fourth-order valence-electron chi connectivity index (χ4n) is 3.43. The van der Waals surface area contributed by atoms with E-state index in [2.05, 4.69) is 37.2 Å². The minimum absolute atomic E-state index is 0.161. The number of carbonyl (C=O) groups is 3. The topological polar surface area (TPSA) is 75.7 Å². The molecule has 172 valence electrons. The summed E-state index contributed by atoms with van der Waals surface area (Å²) in [7, 11) is 0. The lowest BCUT2D eigenvalue weighted by atomic mass is 10.1. The number of amides is 4. The number of aryl methyl sites for hydroxylation is 1. The highest BCUT2D eigenvalue weighted by Crippen LogP contribution is 2.29. The first-order valence-corrected chi connectivity index (χ1v) is 12.1. The summed E-state index contributed by atoms with van der Waals surface area (Å²) in [5, 5.41) is 2.26. The van der Waals surface area contributed by atoms with E-state index in [9.17, 15) is 14.4 Å². The smallest absolute Gasteiger partial charge is 0.335 e. The van der Waals surface area contributed by atoms with Gasteiger partial charge in [-0.1, -0.05) is 63.0 Å². The molecule has 8 heteroatoms. The first kappa shape index (κ1) is 23.9. The maximum Gasteiger partial charge on any atom is 0.335 e. The van der Waals surface area contributed by atoms with Crippen molar-refractivity contribution in [3.8, 4) is 5.75 Å². The quantitative estimate of drug-likeness (QED) is 0.284. The number of hydrogen-bond donors (Lipinski definition) is 1. The van der Waals surface area contributed by atoms with Crippen molar-refractivity contribution in [2.24, 2.45) is 0 Å². The highest BCUT2D eigenvalue weighted by atomic mass is 79.9. The third-order valence-corrected chi connectivity index (χ3v) is 6.31. The molecular weight excluding hydrogens is 564 g/mol. The van der Waals surface area contributed by atoms with Crippen LogP contribution in [-0.2, 0) is 22.6 Å². The van der Waals surface area contributed by atoms with Crippen molar-refractivity contribution in [1.82, 2.24) is 5.32 Å². The van der Waals surface area contributed by atoms with E-state index in [-0.39, 0.29) is 5.57 Å². The average Bonchev–Trinajstić information content (AvgIpc) is 2.82. The number of carbonyl (C=O) groups excluding carboxylic acids is 3. The van der Waals surface area contributed by atoms with Crippen molar-refractivity contribution in [1.29, 1.82) is 0 Å². The number of barbiturate groups is 1.